The highest BCUT2D eigenvalue weighted by Crippen LogP contribution is 2.16. The largest absolute Gasteiger partial charge is 0.462 e. The third-order valence-corrected chi connectivity index (χ3v) is 10.6. The van der Waals surface area contributed by atoms with Crippen molar-refractivity contribution in [2.24, 2.45) is 0 Å². The molecular weight excluding hydrogens is 705 g/mol. The zero-order chi connectivity index (χ0) is 41.4. The van der Waals surface area contributed by atoms with Crippen LogP contribution in [-0.2, 0) is 19.1 Å². The van der Waals surface area contributed by atoms with E-state index in [9.17, 15) is 14.7 Å². The summed E-state index contributed by atoms with van der Waals surface area (Å²) in [7, 11) is 0. The molecule has 0 radical (unpaired) electrons. The molecule has 5 heteroatoms. The Balaban J connectivity index is 3.52. The van der Waals surface area contributed by atoms with E-state index in [-0.39, 0.29) is 31.6 Å². The van der Waals surface area contributed by atoms with Gasteiger partial charge in [-0.05, 0) is 51.4 Å². The van der Waals surface area contributed by atoms with Crippen LogP contribution in [0.15, 0.2) is 60.8 Å². The number of allylic oxidation sites excluding steroid dienone is 10. The minimum atomic E-state index is -0.802. The van der Waals surface area contributed by atoms with E-state index in [0.717, 1.165) is 57.8 Å². The van der Waals surface area contributed by atoms with Gasteiger partial charge in [-0.15, -0.1) is 0 Å². The van der Waals surface area contributed by atoms with Crippen LogP contribution in [0, 0.1) is 0 Å². The lowest BCUT2D eigenvalue weighted by Crippen LogP contribution is -2.28. The van der Waals surface area contributed by atoms with E-state index in [2.05, 4.69) is 74.6 Å². The average Bonchev–Trinajstić information content (AvgIpc) is 3.21. The zero-order valence-electron chi connectivity index (χ0n) is 37.6. The number of carbonyl (C=O) groups excluding carboxylic acids is 2. The minimum absolute atomic E-state index is 0.0880. The average molecular weight is 797 g/mol. The summed E-state index contributed by atoms with van der Waals surface area (Å²) >= 11 is 0. The minimum Gasteiger partial charge on any atom is -0.462 e. The molecule has 57 heavy (non-hydrogen) atoms. The van der Waals surface area contributed by atoms with Crippen molar-refractivity contribution in [3.05, 3.63) is 60.8 Å². The van der Waals surface area contributed by atoms with Gasteiger partial charge in [0.05, 0.1) is 6.61 Å². The molecule has 5 nitrogen and oxygen atoms in total. The first-order valence-corrected chi connectivity index (χ1v) is 24.3. The Morgan fingerprint density at radius 1 is 0.421 bits per heavy atom. The smallest absolute Gasteiger partial charge is 0.306 e. The fourth-order valence-corrected chi connectivity index (χ4v) is 6.94. The maximum atomic E-state index is 12.2. The third-order valence-electron chi connectivity index (χ3n) is 10.6. The van der Waals surface area contributed by atoms with E-state index in [1.54, 1.807) is 0 Å². The second kappa shape index (κ2) is 48.0. The summed E-state index contributed by atoms with van der Waals surface area (Å²) in [5.41, 5.74) is 0. The van der Waals surface area contributed by atoms with Crippen LogP contribution in [0.2, 0.25) is 0 Å². The van der Waals surface area contributed by atoms with Crippen molar-refractivity contribution in [3.63, 3.8) is 0 Å². The summed E-state index contributed by atoms with van der Waals surface area (Å²) < 4.78 is 10.6. The lowest BCUT2D eigenvalue weighted by atomic mass is 10.0. The lowest BCUT2D eigenvalue weighted by molar-refractivity contribution is -0.161. The van der Waals surface area contributed by atoms with E-state index in [0.29, 0.717) is 12.8 Å². The number of hydrogen-bond donors (Lipinski definition) is 1. The fourth-order valence-electron chi connectivity index (χ4n) is 6.94. The van der Waals surface area contributed by atoms with Crippen molar-refractivity contribution < 1.29 is 24.2 Å². The molecule has 1 N–H and O–H groups in total. The van der Waals surface area contributed by atoms with Gasteiger partial charge in [0.1, 0.15) is 6.61 Å². The van der Waals surface area contributed by atoms with Crippen LogP contribution >= 0.6 is 0 Å². The van der Waals surface area contributed by atoms with Crippen LogP contribution in [0.5, 0.6) is 0 Å². The molecule has 0 aliphatic carbocycles. The van der Waals surface area contributed by atoms with Crippen molar-refractivity contribution >= 4 is 11.9 Å². The van der Waals surface area contributed by atoms with Crippen molar-refractivity contribution in [2.45, 2.75) is 245 Å². The maximum absolute atomic E-state index is 12.2. The van der Waals surface area contributed by atoms with E-state index in [1.807, 2.05) is 0 Å². The van der Waals surface area contributed by atoms with Crippen LogP contribution in [0.4, 0.5) is 0 Å². The first-order chi connectivity index (χ1) is 28.1. The number of esters is 2. The van der Waals surface area contributed by atoms with Gasteiger partial charge in [-0.1, -0.05) is 235 Å². The molecule has 0 saturated carbocycles. The van der Waals surface area contributed by atoms with Gasteiger partial charge in [0.25, 0.3) is 0 Å². The molecule has 0 rings (SSSR count). The number of aliphatic hydroxyl groups is 1. The standard InChI is InChI=1S/C52H92O5/c1-3-5-7-9-11-13-15-17-19-21-22-23-24-25-26-27-28-29-31-32-34-36-38-40-42-44-46-51(54)56-49-50(48-53)57-52(55)47-45-43-41-39-37-35-33-30-20-18-16-14-12-10-8-6-4-2/h6,8,12,14,18,20,33,35,39,41,50,53H,3-5,7,9-11,13,15-17,19,21-32,34,36-38,40,42-49H2,1-2H3/b8-6-,14-12-,20-18-,35-33-,41-39-. The lowest BCUT2D eigenvalue weighted by Gasteiger charge is -2.15. The molecule has 1 unspecified atom stereocenters. The van der Waals surface area contributed by atoms with Gasteiger partial charge in [-0.25, -0.2) is 0 Å². The van der Waals surface area contributed by atoms with E-state index >= 15 is 0 Å². The van der Waals surface area contributed by atoms with Crippen LogP contribution in [0.3, 0.4) is 0 Å². The Morgan fingerprint density at radius 3 is 1.12 bits per heavy atom. The first-order valence-electron chi connectivity index (χ1n) is 24.3. The summed E-state index contributed by atoms with van der Waals surface area (Å²) in [5, 5.41) is 9.59. The molecule has 0 spiro atoms. The zero-order valence-corrected chi connectivity index (χ0v) is 37.6. The number of hydrogen-bond acceptors (Lipinski definition) is 5. The monoisotopic (exact) mass is 797 g/mol. The van der Waals surface area contributed by atoms with Gasteiger partial charge in [0.2, 0.25) is 0 Å². The molecule has 0 aliphatic rings. The van der Waals surface area contributed by atoms with Gasteiger partial charge in [0, 0.05) is 12.8 Å². The van der Waals surface area contributed by atoms with Crippen LogP contribution < -0.4 is 0 Å². The first kappa shape index (κ1) is 54.6. The highest BCUT2D eigenvalue weighted by Gasteiger charge is 2.16. The van der Waals surface area contributed by atoms with Crippen LogP contribution in [0.1, 0.15) is 239 Å². The summed E-state index contributed by atoms with van der Waals surface area (Å²) in [6.45, 7) is 4.00. The fraction of sp³-hybridized carbons (Fsp3) is 0.769. The predicted octanol–water partition coefficient (Wildman–Crippen LogP) is 15.9. The molecule has 0 aromatic rings. The Hall–Kier alpha value is -2.40. The Morgan fingerprint density at radius 2 is 0.754 bits per heavy atom. The van der Waals surface area contributed by atoms with Crippen molar-refractivity contribution in [3.8, 4) is 0 Å². The highest BCUT2D eigenvalue weighted by molar-refractivity contribution is 5.70. The molecule has 0 aromatic carbocycles. The molecule has 0 aromatic heterocycles. The second-order valence-corrected chi connectivity index (χ2v) is 16.2. The summed E-state index contributed by atoms with van der Waals surface area (Å²) in [5.74, 6) is -0.653. The predicted molar refractivity (Wildman–Crippen MR) is 247 cm³/mol. The Labute approximate surface area is 353 Å². The van der Waals surface area contributed by atoms with Crippen LogP contribution in [0.25, 0.3) is 0 Å². The molecule has 0 bridgehead atoms. The Kier molecular flexibility index (Phi) is 46.0. The van der Waals surface area contributed by atoms with Gasteiger partial charge >= 0.3 is 11.9 Å². The molecular formula is C52H92O5. The number of rotatable bonds is 44. The molecule has 0 heterocycles. The highest BCUT2D eigenvalue weighted by atomic mass is 16.6. The Bertz CT molecular complexity index is 992. The molecule has 1 atom stereocenters. The van der Waals surface area contributed by atoms with E-state index < -0.39 is 6.10 Å². The molecule has 0 amide bonds. The van der Waals surface area contributed by atoms with Crippen LogP contribution in [-0.4, -0.2) is 36.4 Å². The van der Waals surface area contributed by atoms with Crippen molar-refractivity contribution in [1.82, 2.24) is 0 Å². The van der Waals surface area contributed by atoms with Gasteiger partial charge in [-0.3, -0.25) is 9.59 Å². The molecule has 0 aliphatic heterocycles. The maximum Gasteiger partial charge on any atom is 0.306 e. The van der Waals surface area contributed by atoms with Gasteiger partial charge < -0.3 is 14.6 Å². The second-order valence-electron chi connectivity index (χ2n) is 16.2. The van der Waals surface area contributed by atoms with Crippen molar-refractivity contribution in [2.75, 3.05) is 13.2 Å². The third kappa shape index (κ3) is 46.2. The molecule has 330 valence electrons. The number of aliphatic hydroxyl groups excluding tert-OH is 1. The quantitative estimate of drug-likeness (QED) is 0.0378. The number of unbranched alkanes of at least 4 members (excludes halogenated alkanes) is 26. The number of carbonyl (C=O) groups is 2. The topological polar surface area (TPSA) is 72.8 Å². The molecule has 0 fully saturated rings. The SMILES string of the molecule is CC/C=C\C/C=C\C/C=C\C/C=C\C/C=C\CCCC(=O)OC(CO)COC(=O)CCCCCCCCCCCCCCCCCCCCCCCCCCCC. The molecule has 0 saturated heterocycles. The normalized spacial score (nSPS) is 12.7. The van der Waals surface area contributed by atoms with Crippen molar-refractivity contribution in [1.29, 1.82) is 0 Å². The van der Waals surface area contributed by atoms with E-state index in [1.165, 1.54) is 148 Å². The summed E-state index contributed by atoms with van der Waals surface area (Å²) in [4.78, 5) is 24.4. The number of ether oxygens (including phenoxy) is 2. The van der Waals surface area contributed by atoms with Gasteiger partial charge in [-0.2, -0.15) is 0 Å². The summed E-state index contributed by atoms with van der Waals surface area (Å²) in [6.07, 6.45) is 63.3. The summed E-state index contributed by atoms with van der Waals surface area (Å²) in [6, 6.07) is 0. The van der Waals surface area contributed by atoms with Gasteiger partial charge in [0.15, 0.2) is 6.10 Å². The van der Waals surface area contributed by atoms with E-state index in [4.69, 9.17) is 9.47 Å².